The number of alkyl halides is 3. The quantitative estimate of drug-likeness (QED) is 0.746. The van der Waals surface area contributed by atoms with Gasteiger partial charge in [0.05, 0.1) is 28.4 Å². The number of benzene rings is 1. The van der Waals surface area contributed by atoms with Gasteiger partial charge in [0.1, 0.15) is 0 Å². The van der Waals surface area contributed by atoms with Gasteiger partial charge in [-0.2, -0.15) is 13.2 Å². The number of halogens is 3. The van der Waals surface area contributed by atoms with E-state index in [1.165, 1.54) is 6.92 Å². The Labute approximate surface area is 113 Å². The fourth-order valence-corrected chi connectivity index (χ4v) is 3.82. The molecule has 0 N–H and O–H groups in total. The van der Waals surface area contributed by atoms with Gasteiger partial charge in [0.2, 0.25) is 0 Å². The second-order valence-electron chi connectivity index (χ2n) is 4.55. The second-order valence-corrected chi connectivity index (χ2v) is 6.89. The minimum absolute atomic E-state index is 0.00218. The smallest absolute Gasteiger partial charge is 0.417 e. The molecule has 0 saturated heterocycles. The van der Waals surface area contributed by atoms with Crippen LogP contribution in [-0.4, -0.2) is 26.7 Å². The Bertz CT molecular complexity index is 677. The molecule has 1 aromatic carbocycles. The maximum atomic E-state index is 12.9. The van der Waals surface area contributed by atoms with Crippen molar-refractivity contribution in [2.75, 3.05) is 7.11 Å². The van der Waals surface area contributed by atoms with Crippen molar-refractivity contribution in [1.29, 1.82) is 0 Å². The van der Waals surface area contributed by atoms with Gasteiger partial charge in [-0.05, 0) is 31.0 Å². The molecule has 0 spiro atoms. The van der Waals surface area contributed by atoms with Gasteiger partial charge in [0, 0.05) is 0 Å². The molecule has 0 fully saturated rings. The molecule has 0 radical (unpaired) electrons. The van der Waals surface area contributed by atoms with Gasteiger partial charge < -0.3 is 4.74 Å². The zero-order valence-corrected chi connectivity index (χ0v) is 11.4. The Balaban J connectivity index is 2.76. The Morgan fingerprint density at radius 1 is 1.35 bits per heavy atom. The lowest BCUT2D eigenvalue weighted by atomic mass is 10.0. The molecular weight excluding hydrogens is 297 g/mol. The van der Waals surface area contributed by atoms with Crippen LogP contribution in [0.4, 0.5) is 13.2 Å². The minimum atomic E-state index is -4.76. The van der Waals surface area contributed by atoms with E-state index >= 15 is 0 Å². The van der Waals surface area contributed by atoms with Crippen LogP contribution < -0.4 is 0 Å². The van der Waals surface area contributed by atoms with Crippen LogP contribution in [0.1, 0.15) is 28.4 Å². The summed E-state index contributed by atoms with van der Waals surface area (Å²) in [6.07, 6.45) is -4.75. The molecule has 1 aromatic rings. The van der Waals surface area contributed by atoms with E-state index in [9.17, 15) is 26.4 Å². The van der Waals surface area contributed by atoms with Crippen molar-refractivity contribution in [3.63, 3.8) is 0 Å². The number of esters is 1. The molecular formula is C12H11F3O4S. The van der Waals surface area contributed by atoms with Gasteiger partial charge in [-0.15, -0.1) is 0 Å². The monoisotopic (exact) mass is 308 g/mol. The summed E-state index contributed by atoms with van der Waals surface area (Å²) in [5.41, 5.74) is -1.87. The molecule has 1 unspecified atom stereocenters. The molecule has 0 amide bonds. The molecule has 1 aliphatic rings. The Kier molecular flexibility index (Phi) is 3.32. The molecule has 20 heavy (non-hydrogen) atoms. The van der Waals surface area contributed by atoms with Crippen molar-refractivity contribution < 1.29 is 31.1 Å². The van der Waals surface area contributed by atoms with Crippen LogP contribution in [0.2, 0.25) is 0 Å². The molecule has 110 valence electrons. The van der Waals surface area contributed by atoms with Crippen LogP contribution in [0.3, 0.4) is 0 Å². The van der Waals surface area contributed by atoms with E-state index in [-0.39, 0.29) is 16.9 Å². The number of carbonyl (C=O) groups is 1. The number of carbonyl (C=O) groups excluding carboxylic acids is 1. The van der Waals surface area contributed by atoms with Crippen LogP contribution >= 0.6 is 0 Å². The highest BCUT2D eigenvalue weighted by molar-refractivity contribution is 7.92. The number of ether oxygens (including phenoxy) is 1. The van der Waals surface area contributed by atoms with Crippen molar-refractivity contribution in [2.24, 2.45) is 0 Å². The highest BCUT2D eigenvalue weighted by atomic mass is 32.2. The van der Waals surface area contributed by atoms with Crippen LogP contribution in [0, 0.1) is 0 Å². The molecule has 4 nitrogen and oxygen atoms in total. The fourth-order valence-electron chi connectivity index (χ4n) is 2.20. The van der Waals surface area contributed by atoms with Gasteiger partial charge in [-0.1, -0.05) is 0 Å². The molecule has 8 heteroatoms. The summed E-state index contributed by atoms with van der Waals surface area (Å²) < 4.78 is 67.1. The van der Waals surface area contributed by atoms with E-state index in [2.05, 4.69) is 4.74 Å². The summed E-state index contributed by atoms with van der Waals surface area (Å²) >= 11 is 0. The van der Waals surface area contributed by atoms with Gasteiger partial charge in [0.15, 0.2) is 9.84 Å². The maximum absolute atomic E-state index is 12.9. The maximum Gasteiger partial charge on any atom is 0.417 e. The van der Waals surface area contributed by atoms with Gasteiger partial charge in [-0.25, -0.2) is 13.2 Å². The van der Waals surface area contributed by atoms with Crippen molar-refractivity contribution in [3.05, 3.63) is 28.8 Å². The van der Waals surface area contributed by atoms with Gasteiger partial charge in [0.25, 0.3) is 0 Å². The third-order valence-corrected chi connectivity index (χ3v) is 5.47. The zero-order valence-electron chi connectivity index (χ0n) is 10.6. The van der Waals surface area contributed by atoms with Crippen LogP contribution in [0.25, 0.3) is 0 Å². The number of rotatable bonds is 1. The van der Waals surface area contributed by atoms with Crippen LogP contribution in [0.5, 0.6) is 0 Å². The lowest BCUT2D eigenvalue weighted by Crippen LogP contribution is -2.16. The van der Waals surface area contributed by atoms with Crippen molar-refractivity contribution in [2.45, 2.75) is 29.7 Å². The Hall–Kier alpha value is -1.57. The number of hydrogen-bond acceptors (Lipinski definition) is 4. The summed E-state index contributed by atoms with van der Waals surface area (Å²) in [5, 5.41) is -0.800. The second kappa shape index (κ2) is 4.47. The lowest BCUT2D eigenvalue weighted by molar-refractivity contribution is -0.138. The predicted molar refractivity (Wildman–Crippen MR) is 63.1 cm³/mol. The molecule has 0 aliphatic carbocycles. The number of sulfone groups is 1. The van der Waals surface area contributed by atoms with E-state index in [0.29, 0.717) is 0 Å². The molecule has 1 aliphatic heterocycles. The predicted octanol–water partition coefficient (Wildman–Crippen LogP) is 2.21. The highest BCUT2D eigenvalue weighted by Gasteiger charge is 2.41. The Morgan fingerprint density at radius 3 is 2.45 bits per heavy atom. The van der Waals surface area contributed by atoms with Crippen LogP contribution in [-0.2, 0) is 27.2 Å². The normalized spacial score (nSPS) is 20.6. The molecule has 2 rings (SSSR count). The highest BCUT2D eigenvalue weighted by Crippen LogP contribution is 2.39. The van der Waals surface area contributed by atoms with E-state index < -0.39 is 38.4 Å². The molecule has 1 heterocycles. The standard InChI is InChI=1S/C12H11F3O4S/c1-6-3-7-4-9(12(13,14)15)8(11(16)19-2)5-10(7)20(6,17)18/h4-6H,3H2,1-2H3. The van der Waals surface area contributed by atoms with Crippen molar-refractivity contribution >= 4 is 15.8 Å². The molecule has 0 aromatic heterocycles. The van der Waals surface area contributed by atoms with E-state index in [1.807, 2.05) is 0 Å². The van der Waals surface area contributed by atoms with Crippen molar-refractivity contribution in [1.82, 2.24) is 0 Å². The fraction of sp³-hybridized carbons (Fsp3) is 0.417. The first-order valence-electron chi connectivity index (χ1n) is 5.65. The van der Waals surface area contributed by atoms with Crippen molar-refractivity contribution in [3.8, 4) is 0 Å². The number of methoxy groups -OCH3 is 1. The van der Waals surface area contributed by atoms with E-state index in [0.717, 1.165) is 19.2 Å². The SMILES string of the molecule is COC(=O)c1cc2c(cc1C(F)(F)F)CC(C)S2(=O)=O. The molecule has 1 atom stereocenters. The van der Waals surface area contributed by atoms with Gasteiger partial charge >= 0.3 is 12.1 Å². The summed E-state index contributed by atoms with van der Waals surface area (Å²) in [6.45, 7) is 1.42. The average molecular weight is 308 g/mol. The minimum Gasteiger partial charge on any atom is -0.465 e. The summed E-state index contributed by atoms with van der Waals surface area (Å²) in [6, 6.07) is 1.49. The number of hydrogen-bond donors (Lipinski definition) is 0. The van der Waals surface area contributed by atoms with Crippen LogP contribution in [0.15, 0.2) is 17.0 Å². The third-order valence-electron chi connectivity index (χ3n) is 3.25. The van der Waals surface area contributed by atoms with E-state index in [1.54, 1.807) is 0 Å². The molecule has 0 bridgehead atoms. The summed E-state index contributed by atoms with van der Waals surface area (Å²) in [7, 11) is -2.75. The summed E-state index contributed by atoms with van der Waals surface area (Å²) in [4.78, 5) is 11.2. The molecule has 0 saturated carbocycles. The third kappa shape index (κ3) is 2.17. The largest absolute Gasteiger partial charge is 0.465 e. The topological polar surface area (TPSA) is 60.4 Å². The zero-order chi connectivity index (χ0) is 15.3. The Morgan fingerprint density at radius 2 is 1.95 bits per heavy atom. The van der Waals surface area contributed by atoms with E-state index in [4.69, 9.17) is 0 Å². The average Bonchev–Trinajstić information content (AvgIpc) is 2.57. The first-order valence-corrected chi connectivity index (χ1v) is 7.20. The first kappa shape index (κ1) is 14.8. The van der Waals surface area contributed by atoms with Gasteiger partial charge in [-0.3, -0.25) is 0 Å². The number of fused-ring (bicyclic) bond motifs is 1. The summed E-state index contributed by atoms with van der Waals surface area (Å²) in [5.74, 6) is -1.21. The first-order chi connectivity index (χ1) is 9.09. The lowest BCUT2D eigenvalue weighted by Gasteiger charge is -2.13.